The molecule has 2 aliphatic heterocycles. The maximum Gasteiger partial charge on any atom is 0.350 e. The lowest BCUT2D eigenvalue weighted by Gasteiger charge is -2.36. The van der Waals surface area contributed by atoms with Gasteiger partial charge in [-0.1, -0.05) is 23.7 Å². The monoisotopic (exact) mass is 663 g/mol. The van der Waals surface area contributed by atoms with Gasteiger partial charge < -0.3 is 43.2 Å². The summed E-state index contributed by atoms with van der Waals surface area (Å²) in [4.78, 5) is 25.7. The van der Waals surface area contributed by atoms with Crippen LogP contribution in [-0.2, 0) is 44.4 Å². The highest BCUT2D eigenvalue weighted by Crippen LogP contribution is 2.23. The lowest BCUT2D eigenvalue weighted by Crippen LogP contribution is -2.47. The molecule has 2 aromatic rings. The number of nitrogens with one attached hydrogen (secondary N) is 1. The van der Waals surface area contributed by atoms with Gasteiger partial charge in [0.05, 0.1) is 39.6 Å². The molecule has 0 bridgehead atoms. The van der Waals surface area contributed by atoms with E-state index in [1.807, 2.05) is 39.8 Å². The minimum absolute atomic E-state index is 0.0722. The van der Waals surface area contributed by atoms with E-state index < -0.39 is 29.2 Å². The van der Waals surface area contributed by atoms with Crippen molar-refractivity contribution in [2.75, 3.05) is 46.2 Å². The van der Waals surface area contributed by atoms with Gasteiger partial charge in [0.15, 0.2) is 17.2 Å². The van der Waals surface area contributed by atoms with E-state index in [2.05, 4.69) is 5.32 Å². The molecule has 46 heavy (non-hydrogen) atoms. The Morgan fingerprint density at radius 3 is 1.85 bits per heavy atom. The average Bonchev–Trinajstić information content (AvgIpc) is 3.00. The van der Waals surface area contributed by atoms with E-state index in [0.717, 1.165) is 5.56 Å². The molecular weight excluding hydrogens is 618 g/mol. The quantitative estimate of drug-likeness (QED) is 0.285. The third-order valence-electron chi connectivity index (χ3n) is 7.37. The minimum atomic E-state index is -1.31. The average molecular weight is 664 g/mol. The number of carbonyl (C=O) groups is 2. The number of rotatable bonds is 14. The molecule has 12 heteroatoms. The molecular formula is C34H46ClNO10. The van der Waals surface area contributed by atoms with E-state index in [-0.39, 0.29) is 31.3 Å². The van der Waals surface area contributed by atoms with Crippen molar-refractivity contribution in [1.82, 2.24) is 5.32 Å². The number of hydrogen-bond acceptors (Lipinski definition) is 10. The molecule has 0 aromatic heterocycles. The molecule has 2 fully saturated rings. The summed E-state index contributed by atoms with van der Waals surface area (Å²) in [5.74, 6) is -1.58. The van der Waals surface area contributed by atoms with Crippen molar-refractivity contribution < 1.29 is 47.5 Å². The van der Waals surface area contributed by atoms with Gasteiger partial charge in [-0.15, -0.1) is 0 Å². The van der Waals surface area contributed by atoms with Crippen LogP contribution >= 0.6 is 11.6 Å². The third-order valence-corrected chi connectivity index (χ3v) is 7.62. The molecule has 0 aliphatic carbocycles. The zero-order valence-corrected chi connectivity index (χ0v) is 28.2. The fraction of sp³-hybridized carbons (Fsp3) is 0.588. The van der Waals surface area contributed by atoms with E-state index in [4.69, 9.17) is 49.5 Å². The molecule has 0 atom stereocenters. The topological polar surface area (TPSA) is 120 Å². The zero-order chi connectivity index (χ0) is 33.4. The Kier molecular flexibility index (Phi) is 12.5. The zero-order valence-electron chi connectivity index (χ0n) is 27.5. The van der Waals surface area contributed by atoms with Gasteiger partial charge in [-0.05, 0) is 89.9 Å². The molecule has 0 saturated carbocycles. The fourth-order valence-corrected chi connectivity index (χ4v) is 4.65. The number of halogens is 1. The molecule has 2 heterocycles. The molecule has 0 spiro atoms. The first-order chi connectivity index (χ1) is 21.7. The summed E-state index contributed by atoms with van der Waals surface area (Å²) >= 11 is 5.89. The Balaban J connectivity index is 1.27. The highest BCUT2D eigenvalue weighted by Gasteiger charge is 2.36. The number of benzene rings is 2. The third kappa shape index (κ3) is 11.5. The lowest BCUT2D eigenvalue weighted by molar-refractivity contribution is -0.286. The molecule has 11 nitrogen and oxygen atoms in total. The van der Waals surface area contributed by atoms with E-state index in [1.54, 1.807) is 50.2 Å². The van der Waals surface area contributed by atoms with E-state index >= 15 is 0 Å². The van der Waals surface area contributed by atoms with Gasteiger partial charge in [-0.25, -0.2) is 4.79 Å². The second-order valence-electron chi connectivity index (χ2n) is 12.8. The van der Waals surface area contributed by atoms with Crippen LogP contribution in [0.5, 0.6) is 5.75 Å². The summed E-state index contributed by atoms with van der Waals surface area (Å²) in [6.45, 7) is 12.7. The summed E-state index contributed by atoms with van der Waals surface area (Å²) in [5.41, 5.74) is 0.232. The van der Waals surface area contributed by atoms with Crippen molar-refractivity contribution in [2.24, 2.45) is 0 Å². The molecule has 2 aliphatic rings. The summed E-state index contributed by atoms with van der Waals surface area (Å²) in [7, 11) is 0. The van der Waals surface area contributed by atoms with Gasteiger partial charge in [-0.3, -0.25) is 4.79 Å². The van der Waals surface area contributed by atoms with Gasteiger partial charge in [0, 0.05) is 17.1 Å². The SMILES string of the molecule is CC1(C)OCC(OCC(COC2COC(C)(C)OC2)OC(=O)C(C)(C)Oc2ccc(CCNC(=O)c3ccc(Cl)cc3)cc2)CO1. The van der Waals surface area contributed by atoms with Gasteiger partial charge in [-0.2, -0.15) is 0 Å². The van der Waals surface area contributed by atoms with Crippen molar-refractivity contribution in [3.05, 3.63) is 64.7 Å². The standard InChI is InChI=1S/C34H46ClNO10/c1-32(2,46-26-13-7-23(8-14-26)15-16-36-30(37)24-9-11-25(35)12-10-24)31(38)45-29(17-39-27-19-41-33(3,4)42-20-27)18-40-28-21-43-34(5,6)44-22-28/h7-14,27-29H,15-22H2,1-6H3,(H,36,37). The number of amides is 1. The van der Waals surface area contributed by atoms with Crippen LogP contribution in [0, 0.1) is 0 Å². The highest BCUT2D eigenvalue weighted by atomic mass is 35.5. The number of hydrogen-bond donors (Lipinski definition) is 1. The van der Waals surface area contributed by atoms with Crippen molar-refractivity contribution >= 4 is 23.5 Å². The molecule has 254 valence electrons. The Bertz CT molecular complexity index is 1230. The van der Waals surface area contributed by atoms with Crippen LogP contribution in [0.2, 0.25) is 5.02 Å². The van der Waals surface area contributed by atoms with Crippen LogP contribution in [0.4, 0.5) is 0 Å². The molecule has 2 aromatic carbocycles. The van der Waals surface area contributed by atoms with Crippen molar-refractivity contribution in [1.29, 1.82) is 0 Å². The van der Waals surface area contributed by atoms with Crippen LogP contribution in [-0.4, -0.2) is 93.5 Å². The predicted molar refractivity (Wildman–Crippen MR) is 170 cm³/mol. The Morgan fingerprint density at radius 1 is 0.848 bits per heavy atom. The maximum atomic E-state index is 13.4. The van der Waals surface area contributed by atoms with Crippen LogP contribution < -0.4 is 10.1 Å². The summed E-state index contributed by atoms with van der Waals surface area (Å²) in [6.07, 6.45) is -0.740. The Hall–Kier alpha value is -2.77. The minimum Gasteiger partial charge on any atom is -0.476 e. The van der Waals surface area contributed by atoms with Crippen LogP contribution in [0.3, 0.4) is 0 Å². The number of ether oxygens (including phenoxy) is 8. The molecule has 0 radical (unpaired) electrons. The molecule has 2 saturated heterocycles. The summed E-state index contributed by atoms with van der Waals surface area (Å²) in [6, 6.07) is 14.1. The van der Waals surface area contributed by atoms with Gasteiger partial charge in [0.25, 0.3) is 5.91 Å². The maximum absolute atomic E-state index is 13.4. The molecule has 0 unspecified atom stereocenters. The van der Waals surface area contributed by atoms with Crippen molar-refractivity contribution in [2.45, 2.75) is 83.5 Å². The second-order valence-corrected chi connectivity index (χ2v) is 13.2. The first-order valence-electron chi connectivity index (χ1n) is 15.5. The largest absolute Gasteiger partial charge is 0.476 e. The van der Waals surface area contributed by atoms with Crippen molar-refractivity contribution in [3.8, 4) is 5.75 Å². The first-order valence-corrected chi connectivity index (χ1v) is 15.9. The van der Waals surface area contributed by atoms with Crippen molar-refractivity contribution in [3.63, 3.8) is 0 Å². The Labute approximate surface area is 276 Å². The Morgan fingerprint density at radius 2 is 1.35 bits per heavy atom. The van der Waals surface area contributed by atoms with Crippen LogP contribution in [0.1, 0.15) is 57.5 Å². The lowest BCUT2D eigenvalue weighted by atomic mass is 10.1. The first kappa shape index (κ1) is 36.1. The molecule has 1 N–H and O–H groups in total. The second kappa shape index (κ2) is 15.9. The van der Waals surface area contributed by atoms with E-state index in [0.29, 0.717) is 55.7 Å². The van der Waals surface area contributed by atoms with Crippen LogP contribution in [0.25, 0.3) is 0 Å². The van der Waals surface area contributed by atoms with Gasteiger partial charge in [0.1, 0.15) is 24.1 Å². The van der Waals surface area contributed by atoms with E-state index in [1.165, 1.54) is 0 Å². The molecule has 4 rings (SSSR count). The van der Waals surface area contributed by atoms with Gasteiger partial charge in [0.2, 0.25) is 0 Å². The number of carbonyl (C=O) groups excluding carboxylic acids is 2. The molecule has 1 amide bonds. The van der Waals surface area contributed by atoms with E-state index in [9.17, 15) is 9.59 Å². The number of esters is 1. The fourth-order valence-electron chi connectivity index (χ4n) is 4.53. The van der Waals surface area contributed by atoms with Crippen LogP contribution in [0.15, 0.2) is 48.5 Å². The summed E-state index contributed by atoms with van der Waals surface area (Å²) in [5, 5.41) is 3.48. The highest BCUT2D eigenvalue weighted by molar-refractivity contribution is 6.30. The summed E-state index contributed by atoms with van der Waals surface area (Å²) < 4.78 is 46.6. The van der Waals surface area contributed by atoms with Gasteiger partial charge >= 0.3 is 5.97 Å². The smallest absolute Gasteiger partial charge is 0.350 e. The predicted octanol–water partition coefficient (Wildman–Crippen LogP) is 4.72. The normalized spacial score (nSPS) is 18.7.